The van der Waals surface area contributed by atoms with Gasteiger partial charge in [0.1, 0.15) is 177 Å². The van der Waals surface area contributed by atoms with E-state index < -0.39 is 261 Å². The van der Waals surface area contributed by atoms with Gasteiger partial charge in [-0.2, -0.15) is 0 Å². The molecule has 0 saturated carbocycles. The van der Waals surface area contributed by atoms with E-state index in [1.54, 1.807) is 12.1 Å². The minimum absolute atomic E-state index is 0.246. The third kappa shape index (κ3) is 15.1. The van der Waals surface area contributed by atoms with Crippen LogP contribution in [0.25, 0.3) is 0 Å². The first-order chi connectivity index (χ1) is 40.0. The summed E-state index contributed by atoms with van der Waals surface area (Å²) in [6, 6.07) is 4.73. The van der Waals surface area contributed by atoms with E-state index in [2.05, 4.69) is 10.3 Å². The molecule has 0 radical (unpaired) electrons. The highest BCUT2D eigenvalue weighted by molar-refractivity contribution is 5.33. The van der Waals surface area contributed by atoms with Gasteiger partial charge >= 0.3 is 0 Å². The van der Waals surface area contributed by atoms with Gasteiger partial charge in [-0.1, -0.05) is 6.07 Å². The molecule has 24 N–H and O–H groups in total. The van der Waals surface area contributed by atoms with E-state index in [0.29, 0.717) is 0 Å². The fraction of sp³-hybridized carbons (Fsp3) is 0.894. The summed E-state index contributed by atoms with van der Waals surface area (Å²) in [5.74, 6) is 0.246. The van der Waals surface area contributed by atoms with Crippen molar-refractivity contribution in [1.29, 1.82) is 0 Å². The predicted octanol–water partition coefficient (Wildman–Crippen LogP) is -15.1. The number of aliphatic hydroxyl groups is 23. The van der Waals surface area contributed by atoms with E-state index >= 15 is 0 Å². The summed E-state index contributed by atoms with van der Waals surface area (Å²) in [5, 5.41) is 251. The van der Waals surface area contributed by atoms with Crippen LogP contribution in [0.15, 0.2) is 24.4 Å². The Bertz CT molecular complexity index is 2090. The molecule has 0 unspecified atom stereocenters. The fourth-order valence-electron chi connectivity index (χ4n) is 10.3. The molecule has 0 amide bonds. The maximum Gasteiger partial charge on any atom is 0.187 e. The lowest BCUT2D eigenvalue weighted by Gasteiger charge is -2.50. The first kappa shape index (κ1) is 69.0. The Morgan fingerprint density at radius 3 is 1.00 bits per heavy atom. The van der Waals surface area contributed by atoms with Crippen LogP contribution in [0.2, 0.25) is 0 Å². The highest BCUT2D eigenvalue weighted by Gasteiger charge is 2.58. The lowest BCUT2D eigenvalue weighted by atomic mass is 9.95. The molecule has 6 fully saturated rings. The molecule has 0 bridgehead atoms. The maximum absolute atomic E-state index is 11.8. The first-order valence-electron chi connectivity index (χ1n) is 26.6. The number of ether oxygens (including phenoxy) is 12. The van der Waals surface area contributed by atoms with Crippen LogP contribution < -0.4 is 5.32 Å². The van der Waals surface area contributed by atoms with E-state index in [-0.39, 0.29) is 5.82 Å². The minimum atomic E-state index is -2.34. The van der Waals surface area contributed by atoms with Crippen LogP contribution in [0.3, 0.4) is 0 Å². The Balaban J connectivity index is 1.06. The second kappa shape index (κ2) is 30.8. The lowest BCUT2D eigenvalue weighted by molar-refractivity contribution is -0.399. The zero-order valence-electron chi connectivity index (χ0n) is 44.2. The first-order valence-corrected chi connectivity index (χ1v) is 26.6. The van der Waals surface area contributed by atoms with Gasteiger partial charge in [0.2, 0.25) is 0 Å². The standard InChI is InChI=1S/C47H78N2O35/c50-6-14(58)22(59)36(13(57)5-49-21-3-1-2-4-48-21)79-43-31(68)38(25(62)16(8-52)74-43)81-45-33(70)40(27(64)18(10-54)76-45)83-47-35(72)41(28(65)20(12-56)78-47)84-46-34(71)39(26(63)19(11-55)77-46)82-44-32(69)37(24(61)17(9-53)75-44)80-42-30(67)29(66)23(60)15(7-51)73-42/h1-4,13-20,22-47,50-72H,5-12H2,(H,48,49)/t13-,14+,15+,16+,17+,18+,19+,20+,22+,23+,24+,25+,26+,27+,28+,29-,30+,31+,32+,33+,34+,35+,36+,37-,38-,39-,40-,41-,42-,43-,44-,45-,46-,47-/m0/s1. The number of nitrogens with zero attached hydrogens (tertiary/aromatic N) is 1. The van der Waals surface area contributed by atoms with Gasteiger partial charge in [-0.05, 0) is 12.1 Å². The predicted molar refractivity (Wildman–Crippen MR) is 260 cm³/mol. The molecule has 6 saturated heterocycles. The number of rotatable bonds is 25. The van der Waals surface area contributed by atoms with Crippen molar-refractivity contribution in [2.45, 2.75) is 209 Å². The molecule has 1 aromatic heterocycles. The van der Waals surface area contributed by atoms with Crippen LogP contribution in [-0.2, 0) is 56.8 Å². The molecule has 37 heteroatoms. The Kier molecular flexibility index (Phi) is 25.3. The molecule has 7 heterocycles. The molecule has 0 spiro atoms. The molecule has 0 aromatic carbocycles. The Hall–Kier alpha value is -2.45. The van der Waals surface area contributed by atoms with Crippen LogP contribution in [-0.4, -0.2) is 384 Å². The molecule has 1 aromatic rings. The summed E-state index contributed by atoms with van der Waals surface area (Å²) in [4.78, 5) is 4.04. The number of hydrogen-bond donors (Lipinski definition) is 24. The zero-order chi connectivity index (χ0) is 61.6. The highest BCUT2D eigenvalue weighted by atomic mass is 16.8. The van der Waals surface area contributed by atoms with E-state index in [1.807, 2.05) is 0 Å². The number of hydrogen-bond acceptors (Lipinski definition) is 37. The van der Waals surface area contributed by atoms with Crippen molar-refractivity contribution in [3.8, 4) is 0 Å². The number of anilines is 1. The number of aromatic nitrogens is 1. The van der Waals surface area contributed by atoms with Crippen molar-refractivity contribution in [1.82, 2.24) is 4.98 Å². The molecule has 84 heavy (non-hydrogen) atoms. The summed E-state index contributed by atoms with van der Waals surface area (Å²) in [6.07, 6.45) is -67.6. The monoisotopic (exact) mass is 1230 g/mol. The van der Waals surface area contributed by atoms with Crippen molar-refractivity contribution in [3.63, 3.8) is 0 Å². The molecule has 6 aliphatic heterocycles. The second-order valence-electron chi connectivity index (χ2n) is 20.7. The molecule has 7 rings (SSSR count). The summed E-state index contributed by atoms with van der Waals surface area (Å²) in [7, 11) is 0. The molecule has 0 aliphatic carbocycles. The highest BCUT2D eigenvalue weighted by Crippen LogP contribution is 2.37. The molecule has 486 valence electrons. The van der Waals surface area contributed by atoms with Gasteiger partial charge in [0.05, 0.1) is 46.2 Å². The number of pyridine rings is 1. The van der Waals surface area contributed by atoms with Gasteiger partial charge in [-0.3, -0.25) is 0 Å². The average molecular weight is 1230 g/mol. The van der Waals surface area contributed by atoms with E-state index in [0.717, 1.165) is 0 Å². The number of aliphatic hydroxyl groups excluding tert-OH is 23. The Morgan fingerprint density at radius 1 is 0.381 bits per heavy atom. The summed E-state index contributed by atoms with van der Waals surface area (Å²) >= 11 is 0. The molecule has 6 aliphatic rings. The average Bonchev–Trinajstić information content (AvgIpc) is 3.66. The summed E-state index contributed by atoms with van der Waals surface area (Å²) in [5.41, 5.74) is 0. The second-order valence-corrected chi connectivity index (χ2v) is 20.7. The van der Waals surface area contributed by atoms with Crippen molar-refractivity contribution in [2.75, 3.05) is 58.1 Å². The number of nitrogens with one attached hydrogen (secondary N) is 1. The van der Waals surface area contributed by atoms with Crippen LogP contribution in [0.5, 0.6) is 0 Å². The van der Waals surface area contributed by atoms with Crippen molar-refractivity contribution < 1.29 is 174 Å². The SMILES string of the molecule is OC[C@@H](O)[C@@H](O)[C@H](O[C@@H]1O[C@H](CO)[C@@H](O)[C@H](O[C@@H]2O[C@H](CO)[C@@H](O)[C@H](O[C@@H]3O[C@H](CO)[C@@H](O)[C@H](O[C@@H]4O[C@H](CO)[C@@H](O)[C@H](O[C@@H]5O[C@H](CO)[C@@H](O)[C@H](O[C@@H]6O[C@H](CO)[C@@H](O)[C@H](O)[C@H]6O)[C@H]5O)[C@H]4O)[C@H]3O)[C@H]2O)[C@H]1O)[C@@H](O)CNc1ccccn1. The smallest absolute Gasteiger partial charge is 0.187 e. The van der Waals surface area contributed by atoms with Crippen LogP contribution in [0, 0.1) is 0 Å². The van der Waals surface area contributed by atoms with Crippen molar-refractivity contribution >= 4 is 5.82 Å². The quantitative estimate of drug-likeness (QED) is 0.0432. The fourth-order valence-corrected chi connectivity index (χ4v) is 10.3. The third-order valence-corrected chi connectivity index (χ3v) is 15.2. The van der Waals surface area contributed by atoms with Gasteiger partial charge in [-0.25, -0.2) is 4.98 Å². The maximum atomic E-state index is 11.8. The van der Waals surface area contributed by atoms with E-state index in [9.17, 15) is 117 Å². The third-order valence-electron chi connectivity index (χ3n) is 15.2. The normalized spacial score (nSPS) is 46.5. The largest absolute Gasteiger partial charge is 0.394 e. The van der Waals surface area contributed by atoms with Crippen LogP contribution in [0.1, 0.15) is 0 Å². The van der Waals surface area contributed by atoms with Gasteiger partial charge in [-0.15, -0.1) is 0 Å². The molecule has 37 nitrogen and oxygen atoms in total. The van der Waals surface area contributed by atoms with Gasteiger partial charge < -0.3 is 180 Å². The van der Waals surface area contributed by atoms with Gasteiger partial charge in [0.25, 0.3) is 0 Å². The lowest BCUT2D eigenvalue weighted by Crippen LogP contribution is -2.68. The Labute approximate surface area is 475 Å². The molecular formula is C47H78N2O35. The van der Waals surface area contributed by atoms with Crippen LogP contribution >= 0.6 is 0 Å². The van der Waals surface area contributed by atoms with Gasteiger partial charge in [0, 0.05) is 12.7 Å². The zero-order valence-corrected chi connectivity index (χ0v) is 44.2. The van der Waals surface area contributed by atoms with Crippen molar-refractivity contribution in [2.24, 2.45) is 0 Å². The van der Waals surface area contributed by atoms with Crippen molar-refractivity contribution in [3.05, 3.63) is 24.4 Å². The summed E-state index contributed by atoms with van der Waals surface area (Å²) < 4.78 is 67.7. The van der Waals surface area contributed by atoms with E-state index in [4.69, 9.17) is 56.8 Å². The van der Waals surface area contributed by atoms with Gasteiger partial charge in [0.15, 0.2) is 37.7 Å². The van der Waals surface area contributed by atoms with Crippen LogP contribution in [0.4, 0.5) is 5.82 Å². The van der Waals surface area contributed by atoms with E-state index in [1.165, 1.54) is 12.3 Å². The molecular weight excluding hydrogens is 1150 g/mol. The minimum Gasteiger partial charge on any atom is -0.394 e. The summed E-state index contributed by atoms with van der Waals surface area (Å²) in [6.45, 7) is -7.69. The molecule has 34 atom stereocenters. The topological polar surface area (TPSA) is 601 Å². The Morgan fingerprint density at radius 2 is 0.690 bits per heavy atom.